The van der Waals surface area contributed by atoms with Crippen molar-refractivity contribution in [1.29, 1.82) is 0 Å². The first kappa shape index (κ1) is 18.7. The average Bonchev–Trinajstić information content (AvgIpc) is 2.61. The number of H-pyrrole nitrogens is 1. The molecule has 1 aromatic carbocycles. The van der Waals surface area contributed by atoms with Gasteiger partial charge in [0.05, 0.1) is 12.7 Å². The summed E-state index contributed by atoms with van der Waals surface area (Å²) in [6, 6.07) is 5.31. The fourth-order valence-electron chi connectivity index (χ4n) is 3.18. The van der Waals surface area contributed by atoms with Crippen molar-refractivity contribution in [2.75, 3.05) is 32.7 Å². The lowest BCUT2D eigenvalue weighted by Gasteiger charge is -2.34. The summed E-state index contributed by atoms with van der Waals surface area (Å²) < 4.78 is 5.70. The van der Waals surface area contributed by atoms with E-state index in [1.54, 1.807) is 12.1 Å². The molecular formula is C19H25BN4O2. The minimum absolute atomic E-state index is 0.189. The zero-order chi connectivity index (χ0) is 18.5. The smallest absolute Gasteiger partial charge is 0.293 e. The Balaban J connectivity index is 1.62. The van der Waals surface area contributed by atoms with Crippen LogP contribution in [0.5, 0.6) is 11.5 Å². The molecule has 1 fully saturated rings. The zero-order valence-electron chi connectivity index (χ0n) is 15.5. The van der Waals surface area contributed by atoms with Crippen molar-refractivity contribution in [3.05, 3.63) is 46.1 Å². The fourth-order valence-corrected chi connectivity index (χ4v) is 3.18. The summed E-state index contributed by atoms with van der Waals surface area (Å²) >= 11 is 0. The highest BCUT2D eigenvalue weighted by Gasteiger charge is 2.17. The summed E-state index contributed by atoms with van der Waals surface area (Å²) in [7, 11) is 5.74. The second-order valence-electron chi connectivity index (χ2n) is 6.77. The molecule has 1 saturated heterocycles. The topological polar surface area (TPSA) is 61.5 Å². The molecule has 0 saturated carbocycles. The molecule has 6 nitrogen and oxygen atoms in total. The Morgan fingerprint density at radius 3 is 2.58 bits per heavy atom. The minimum Gasteiger partial charge on any atom is -0.450 e. The molecule has 0 atom stereocenters. The summed E-state index contributed by atoms with van der Waals surface area (Å²) in [5.41, 5.74) is 1.27. The van der Waals surface area contributed by atoms with Gasteiger partial charge in [0.15, 0.2) is 0 Å². The molecule has 0 unspecified atom stereocenters. The molecule has 2 heterocycles. The first-order valence-electron chi connectivity index (χ1n) is 9.12. The molecule has 1 aliphatic rings. The SMILES string of the molecule is [B]c1ccc(Oc2cnc(CN3CCN(CCC)CC3)[nH]c2=O)c(C)c1. The van der Waals surface area contributed by atoms with Gasteiger partial charge in [-0.25, -0.2) is 4.98 Å². The number of aryl methyl sites for hydroxylation is 1. The van der Waals surface area contributed by atoms with E-state index in [9.17, 15) is 4.79 Å². The largest absolute Gasteiger partial charge is 0.450 e. The van der Waals surface area contributed by atoms with Crippen LogP contribution in [0.25, 0.3) is 0 Å². The second-order valence-corrected chi connectivity index (χ2v) is 6.77. The highest BCUT2D eigenvalue weighted by atomic mass is 16.5. The lowest BCUT2D eigenvalue weighted by molar-refractivity contribution is 0.125. The lowest BCUT2D eigenvalue weighted by Crippen LogP contribution is -2.46. The van der Waals surface area contributed by atoms with Gasteiger partial charge in [0.2, 0.25) is 5.75 Å². The molecule has 1 N–H and O–H groups in total. The van der Waals surface area contributed by atoms with Gasteiger partial charge in [0.25, 0.3) is 5.56 Å². The van der Waals surface area contributed by atoms with Gasteiger partial charge in [-0.1, -0.05) is 24.5 Å². The van der Waals surface area contributed by atoms with Crippen LogP contribution in [-0.4, -0.2) is 60.3 Å². The van der Waals surface area contributed by atoms with Crippen molar-refractivity contribution in [1.82, 2.24) is 19.8 Å². The van der Waals surface area contributed by atoms with E-state index in [1.165, 1.54) is 12.6 Å². The summed E-state index contributed by atoms with van der Waals surface area (Å²) in [6.45, 7) is 10.0. The van der Waals surface area contributed by atoms with E-state index in [0.717, 1.165) is 38.3 Å². The van der Waals surface area contributed by atoms with E-state index < -0.39 is 0 Å². The molecule has 2 radical (unpaired) electrons. The molecule has 136 valence electrons. The first-order chi connectivity index (χ1) is 12.5. The van der Waals surface area contributed by atoms with Gasteiger partial charge in [-0.15, -0.1) is 0 Å². The van der Waals surface area contributed by atoms with Crippen molar-refractivity contribution in [2.45, 2.75) is 26.8 Å². The third-order valence-electron chi connectivity index (χ3n) is 4.62. The third-order valence-corrected chi connectivity index (χ3v) is 4.62. The Morgan fingerprint density at radius 1 is 1.19 bits per heavy atom. The van der Waals surface area contributed by atoms with Crippen LogP contribution in [0, 0.1) is 6.92 Å². The summed E-state index contributed by atoms with van der Waals surface area (Å²) in [4.78, 5) is 24.3. The number of benzene rings is 1. The molecule has 0 amide bonds. The lowest BCUT2D eigenvalue weighted by atomic mass is 9.94. The summed E-state index contributed by atoms with van der Waals surface area (Å²) in [5, 5.41) is 0. The highest BCUT2D eigenvalue weighted by molar-refractivity contribution is 6.32. The number of hydrogen-bond acceptors (Lipinski definition) is 5. The maximum absolute atomic E-state index is 12.3. The van der Waals surface area contributed by atoms with Crippen LogP contribution in [0.3, 0.4) is 0 Å². The van der Waals surface area contributed by atoms with Gasteiger partial charge < -0.3 is 14.6 Å². The van der Waals surface area contributed by atoms with Crippen LogP contribution < -0.4 is 15.8 Å². The predicted molar refractivity (Wildman–Crippen MR) is 104 cm³/mol. The van der Waals surface area contributed by atoms with Crippen LogP contribution in [0.2, 0.25) is 0 Å². The molecule has 1 aliphatic heterocycles. The molecule has 0 bridgehead atoms. The van der Waals surface area contributed by atoms with Crippen molar-refractivity contribution in [3.63, 3.8) is 0 Å². The summed E-state index contributed by atoms with van der Waals surface area (Å²) in [5.74, 6) is 1.46. The number of ether oxygens (including phenoxy) is 1. The molecule has 1 aromatic heterocycles. The predicted octanol–water partition coefficient (Wildman–Crippen LogP) is 1.19. The Morgan fingerprint density at radius 2 is 1.92 bits per heavy atom. The number of aromatic amines is 1. The Bertz CT molecular complexity index is 800. The maximum Gasteiger partial charge on any atom is 0.293 e. The Labute approximate surface area is 155 Å². The van der Waals surface area contributed by atoms with Gasteiger partial charge in [0.1, 0.15) is 19.4 Å². The standard InChI is InChI=1S/C19H25BN4O2/c1-3-6-23-7-9-24(10-8-23)13-18-21-12-17(19(25)22-18)26-16-5-4-15(20)11-14(16)2/h4-5,11-12H,3,6-10,13H2,1-2H3,(H,21,22,25). The normalized spacial score (nSPS) is 15.9. The number of nitrogens with one attached hydrogen (secondary N) is 1. The zero-order valence-corrected chi connectivity index (χ0v) is 15.5. The fraction of sp³-hybridized carbons (Fsp3) is 0.474. The van der Waals surface area contributed by atoms with Gasteiger partial charge in [-0.3, -0.25) is 9.69 Å². The molecule has 3 rings (SSSR count). The molecule has 0 aliphatic carbocycles. The third kappa shape index (κ3) is 4.74. The molecule has 7 heteroatoms. The van der Waals surface area contributed by atoms with Gasteiger partial charge >= 0.3 is 0 Å². The van der Waals surface area contributed by atoms with E-state index in [1.807, 2.05) is 13.0 Å². The van der Waals surface area contributed by atoms with Crippen molar-refractivity contribution in [2.24, 2.45) is 0 Å². The maximum atomic E-state index is 12.3. The Hall–Kier alpha value is -2.12. The van der Waals surface area contributed by atoms with E-state index in [4.69, 9.17) is 12.6 Å². The van der Waals surface area contributed by atoms with E-state index >= 15 is 0 Å². The van der Waals surface area contributed by atoms with Gasteiger partial charge in [-0.2, -0.15) is 0 Å². The quantitative estimate of drug-likeness (QED) is 0.792. The molecular weight excluding hydrogens is 327 g/mol. The number of piperazine rings is 1. The van der Waals surface area contributed by atoms with Crippen molar-refractivity contribution in [3.8, 4) is 11.5 Å². The number of nitrogens with zero attached hydrogens (tertiary/aromatic N) is 3. The van der Waals surface area contributed by atoms with Crippen LogP contribution in [-0.2, 0) is 6.54 Å². The second kappa shape index (κ2) is 8.51. The van der Waals surface area contributed by atoms with Crippen LogP contribution >= 0.6 is 0 Å². The molecule has 26 heavy (non-hydrogen) atoms. The number of rotatable bonds is 6. The Kier molecular flexibility index (Phi) is 6.11. The van der Waals surface area contributed by atoms with E-state index in [-0.39, 0.29) is 11.3 Å². The summed E-state index contributed by atoms with van der Waals surface area (Å²) in [6.07, 6.45) is 2.68. The molecule has 0 spiro atoms. The molecule has 2 aromatic rings. The minimum atomic E-state index is -0.268. The van der Waals surface area contributed by atoms with Crippen molar-refractivity contribution < 1.29 is 4.74 Å². The number of hydrogen-bond donors (Lipinski definition) is 1. The average molecular weight is 352 g/mol. The van der Waals surface area contributed by atoms with E-state index in [2.05, 4.69) is 26.7 Å². The monoisotopic (exact) mass is 352 g/mol. The van der Waals surface area contributed by atoms with Gasteiger partial charge in [0, 0.05) is 26.2 Å². The van der Waals surface area contributed by atoms with Gasteiger partial charge in [-0.05, 0) is 31.5 Å². The van der Waals surface area contributed by atoms with Crippen LogP contribution in [0.4, 0.5) is 0 Å². The van der Waals surface area contributed by atoms with Crippen LogP contribution in [0.15, 0.2) is 29.2 Å². The van der Waals surface area contributed by atoms with Crippen LogP contribution in [0.1, 0.15) is 24.7 Å². The number of aromatic nitrogens is 2. The first-order valence-corrected chi connectivity index (χ1v) is 9.12. The van der Waals surface area contributed by atoms with E-state index in [0.29, 0.717) is 23.6 Å². The highest BCUT2D eigenvalue weighted by Crippen LogP contribution is 2.20. The van der Waals surface area contributed by atoms with Crippen molar-refractivity contribution >= 4 is 13.3 Å².